The van der Waals surface area contributed by atoms with Crippen molar-refractivity contribution in [1.82, 2.24) is 10.2 Å². The summed E-state index contributed by atoms with van der Waals surface area (Å²) < 4.78 is 5.02. The molecular formula is C17H28N2O4. The monoisotopic (exact) mass is 324 g/mol. The standard InChI is InChI=1S/C17H28N2O4/c1-2-23-17(22)13-9-11-19(12-10-13)16(21)15(20)18-14-7-5-3-4-6-8-14/h13-14H,2-12H2,1H3,(H,18,20). The predicted molar refractivity (Wildman–Crippen MR) is 85.6 cm³/mol. The number of nitrogens with one attached hydrogen (secondary N) is 1. The van der Waals surface area contributed by atoms with Crippen LogP contribution in [-0.2, 0) is 19.1 Å². The van der Waals surface area contributed by atoms with Crippen molar-refractivity contribution in [2.45, 2.75) is 64.3 Å². The largest absolute Gasteiger partial charge is 0.466 e. The fourth-order valence-electron chi connectivity index (χ4n) is 3.39. The van der Waals surface area contributed by atoms with Gasteiger partial charge in [0.1, 0.15) is 0 Å². The van der Waals surface area contributed by atoms with Gasteiger partial charge in [0.15, 0.2) is 0 Å². The Labute approximate surface area is 137 Å². The lowest BCUT2D eigenvalue weighted by Gasteiger charge is -2.30. The van der Waals surface area contributed by atoms with Crippen LogP contribution in [0.5, 0.6) is 0 Å². The molecule has 6 heteroatoms. The smallest absolute Gasteiger partial charge is 0.311 e. The predicted octanol–water partition coefficient (Wildman–Crippen LogP) is 1.63. The molecular weight excluding hydrogens is 296 g/mol. The average molecular weight is 324 g/mol. The number of nitrogens with zero attached hydrogens (tertiary/aromatic N) is 1. The number of esters is 1. The minimum atomic E-state index is -0.494. The van der Waals surface area contributed by atoms with Gasteiger partial charge in [0, 0.05) is 19.1 Å². The number of carbonyl (C=O) groups is 3. The lowest BCUT2D eigenvalue weighted by molar-refractivity contribution is -0.152. The first kappa shape index (κ1) is 17.8. The van der Waals surface area contributed by atoms with E-state index < -0.39 is 11.8 Å². The van der Waals surface area contributed by atoms with Crippen molar-refractivity contribution in [3.63, 3.8) is 0 Å². The third kappa shape index (κ3) is 5.22. The highest BCUT2D eigenvalue weighted by Crippen LogP contribution is 2.20. The molecule has 2 fully saturated rings. The molecule has 0 atom stereocenters. The molecule has 0 spiro atoms. The lowest BCUT2D eigenvalue weighted by Crippen LogP contribution is -2.49. The first-order chi connectivity index (χ1) is 11.1. The molecule has 0 aromatic heterocycles. The number of piperidine rings is 1. The SMILES string of the molecule is CCOC(=O)C1CCN(C(=O)C(=O)NC2CCCCCC2)CC1. The van der Waals surface area contributed by atoms with Crippen LogP contribution in [-0.4, -0.2) is 48.4 Å². The molecule has 0 bridgehead atoms. The second-order valence-corrected chi connectivity index (χ2v) is 6.48. The summed E-state index contributed by atoms with van der Waals surface area (Å²) in [5, 5.41) is 2.89. The van der Waals surface area contributed by atoms with E-state index in [1.54, 1.807) is 11.8 Å². The van der Waals surface area contributed by atoms with Gasteiger partial charge < -0.3 is 15.0 Å². The van der Waals surface area contributed by atoms with E-state index in [0.717, 1.165) is 25.7 Å². The van der Waals surface area contributed by atoms with Gasteiger partial charge >= 0.3 is 17.8 Å². The number of rotatable bonds is 3. The van der Waals surface area contributed by atoms with Crippen molar-refractivity contribution in [2.24, 2.45) is 5.92 Å². The number of hydrogen-bond donors (Lipinski definition) is 1. The van der Waals surface area contributed by atoms with Gasteiger partial charge in [-0.2, -0.15) is 0 Å². The van der Waals surface area contributed by atoms with E-state index >= 15 is 0 Å². The zero-order valence-corrected chi connectivity index (χ0v) is 14.0. The Bertz CT molecular complexity index is 422. The van der Waals surface area contributed by atoms with Crippen molar-refractivity contribution in [3.05, 3.63) is 0 Å². The van der Waals surface area contributed by atoms with Gasteiger partial charge in [-0.15, -0.1) is 0 Å². The Hall–Kier alpha value is -1.59. The minimum Gasteiger partial charge on any atom is -0.466 e. The van der Waals surface area contributed by atoms with Crippen LogP contribution in [0, 0.1) is 5.92 Å². The van der Waals surface area contributed by atoms with Crippen molar-refractivity contribution in [1.29, 1.82) is 0 Å². The van der Waals surface area contributed by atoms with Gasteiger partial charge in [-0.05, 0) is 32.6 Å². The second-order valence-electron chi connectivity index (χ2n) is 6.48. The number of carbonyl (C=O) groups excluding carboxylic acids is 3. The fourth-order valence-corrected chi connectivity index (χ4v) is 3.39. The number of ether oxygens (including phenoxy) is 1. The molecule has 0 radical (unpaired) electrons. The van der Waals surface area contributed by atoms with Crippen molar-refractivity contribution < 1.29 is 19.1 Å². The first-order valence-electron chi connectivity index (χ1n) is 8.88. The van der Waals surface area contributed by atoms with Crippen LogP contribution in [0.1, 0.15) is 58.3 Å². The zero-order chi connectivity index (χ0) is 16.7. The molecule has 2 aliphatic rings. The summed E-state index contributed by atoms with van der Waals surface area (Å²) in [4.78, 5) is 37.7. The molecule has 1 heterocycles. The third-order valence-electron chi connectivity index (χ3n) is 4.79. The summed E-state index contributed by atoms with van der Waals surface area (Å²) >= 11 is 0. The number of amides is 2. The van der Waals surface area contributed by atoms with Gasteiger partial charge in [0.2, 0.25) is 0 Å². The van der Waals surface area contributed by atoms with Gasteiger partial charge in [-0.3, -0.25) is 14.4 Å². The molecule has 6 nitrogen and oxygen atoms in total. The van der Waals surface area contributed by atoms with Crippen molar-refractivity contribution in [3.8, 4) is 0 Å². The van der Waals surface area contributed by atoms with E-state index in [9.17, 15) is 14.4 Å². The Kier molecular flexibility index (Phi) is 6.86. The van der Waals surface area contributed by atoms with E-state index in [2.05, 4.69) is 5.32 Å². The van der Waals surface area contributed by atoms with Crippen molar-refractivity contribution in [2.75, 3.05) is 19.7 Å². The maximum Gasteiger partial charge on any atom is 0.311 e. The van der Waals surface area contributed by atoms with Crippen molar-refractivity contribution >= 4 is 17.8 Å². The Morgan fingerprint density at radius 2 is 1.61 bits per heavy atom. The summed E-state index contributed by atoms with van der Waals surface area (Å²) in [6.07, 6.45) is 7.72. The molecule has 2 rings (SSSR count). The van der Waals surface area contributed by atoms with E-state index in [0.29, 0.717) is 32.5 Å². The maximum atomic E-state index is 12.3. The fraction of sp³-hybridized carbons (Fsp3) is 0.824. The van der Waals surface area contributed by atoms with E-state index in [-0.39, 0.29) is 17.9 Å². The molecule has 0 aromatic carbocycles. The van der Waals surface area contributed by atoms with Crippen LogP contribution < -0.4 is 5.32 Å². The average Bonchev–Trinajstić information content (AvgIpc) is 2.83. The van der Waals surface area contributed by atoms with Gasteiger partial charge in [0.25, 0.3) is 0 Å². The molecule has 1 aliphatic heterocycles. The molecule has 2 amide bonds. The first-order valence-corrected chi connectivity index (χ1v) is 8.88. The zero-order valence-electron chi connectivity index (χ0n) is 14.0. The molecule has 0 aromatic rings. The maximum absolute atomic E-state index is 12.3. The molecule has 1 N–H and O–H groups in total. The third-order valence-corrected chi connectivity index (χ3v) is 4.79. The molecule has 130 valence electrons. The number of hydrogen-bond acceptors (Lipinski definition) is 4. The lowest BCUT2D eigenvalue weighted by atomic mass is 9.97. The Morgan fingerprint density at radius 1 is 1.00 bits per heavy atom. The van der Waals surface area contributed by atoms with E-state index in [1.807, 2.05) is 0 Å². The highest BCUT2D eigenvalue weighted by Gasteiger charge is 2.31. The van der Waals surface area contributed by atoms with Gasteiger partial charge in [-0.25, -0.2) is 0 Å². The van der Waals surface area contributed by atoms with Crippen LogP contribution in [0.15, 0.2) is 0 Å². The summed E-state index contributed by atoms with van der Waals surface area (Å²) in [5.74, 6) is -1.30. The highest BCUT2D eigenvalue weighted by molar-refractivity contribution is 6.35. The normalized spacial score (nSPS) is 20.7. The quantitative estimate of drug-likeness (QED) is 0.486. The topological polar surface area (TPSA) is 75.7 Å². The summed E-state index contributed by atoms with van der Waals surface area (Å²) in [6.45, 7) is 3.05. The van der Waals surface area contributed by atoms with E-state index in [4.69, 9.17) is 4.74 Å². The molecule has 1 saturated heterocycles. The summed E-state index contributed by atoms with van der Waals surface area (Å²) in [5.41, 5.74) is 0. The molecule has 1 saturated carbocycles. The molecule has 1 aliphatic carbocycles. The van der Waals surface area contributed by atoms with Crippen LogP contribution in [0.4, 0.5) is 0 Å². The highest BCUT2D eigenvalue weighted by atomic mass is 16.5. The number of likely N-dealkylation sites (tertiary alicyclic amines) is 1. The van der Waals surface area contributed by atoms with E-state index in [1.165, 1.54) is 12.8 Å². The molecule has 0 unspecified atom stereocenters. The summed E-state index contributed by atoms with van der Waals surface area (Å²) in [7, 11) is 0. The minimum absolute atomic E-state index is 0.131. The Morgan fingerprint density at radius 3 is 2.17 bits per heavy atom. The van der Waals surface area contributed by atoms with Crippen LogP contribution in [0.25, 0.3) is 0 Å². The van der Waals surface area contributed by atoms with Gasteiger partial charge in [-0.1, -0.05) is 25.7 Å². The van der Waals surface area contributed by atoms with Gasteiger partial charge in [0.05, 0.1) is 12.5 Å². The van der Waals surface area contributed by atoms with Crippen LogP contribution in [0.2, 0.25) is 0 Å². The summed E-state index contributed by atoms with van der Waals surface area (Å²) in [6, 6.07) is 0.131. The second kappa shape index (κ2) is 8.89. The molecule has 23 heavy (non-hydrogen) atoms. The Balaban J connectivity index is 1.77. The van der Waals surface area contributed by atoms with Crippen LogP contribution >= 0.6 is 0 Å². The van der Waals surface area contributed by atoms with Crippen LogP contribution in [0.3, 0.4) is 0 Å².